The summed E-state index contributed by atoms with van der Waals surface area (Å²) in [5.74, 6) is -0.382. The first-order valence-corrected chi connectivity index (χ1v) is 6.05. The molecule has 3 nitrogen and oxygen atoms in total. The maximum absolute atomic E-state index is 12.4. The van der Waals surface area contributed by atoms with Gasteiger partial charge in [0.25, 0.3) is 0 Å². The third-order valence-corrected chi connectivity index (χ3v) is 2.82. The van der Waals surface area contributed by atoms with Crippen LogP contribution in [0.1, 0.15) is 31.7 Å². The lowest BCUT2D eigenvalue weighted by molar-refractivity contribution is -0.137. The first-order valence-electron chi connectivity index (χ1n) is 6.05. The van der Waals surface area contributed by atoms with Crippen LogP contribution in [-0.4, -0.2) is 11.9 Å². The number of nitrogens with one attached hydrogen (secondary N) is 1. The Labute approximate surface area is 110 Å². The molecule has 0 saturated heterocycles. The molecule has 0 unspecified atom stereocenters. The maximum atomic E-state index is 12.4. The fourth-order valence-electron chi connectivity index (χ4n) is 1.69. The van der Waals surface area contributed by atoms with Crippen LogP contribution in [0.15, 0.2) is 24.3 Å². The summed E-state index contributed by atoms with van der Waals surface area (Å²) in [6, 6.07) is 4.85. The number of anilines is 1. The predicted molar refractivity (Wildman–Crippen MR) is 67.6 cm³/mol. The van der Waals surface area contributed by atoms with E-state index in [1.54, 1.807) is 0 Å². The van der Waals surface area contributed by atoms with E-state index < -0.39 is 11.7 Å². The molecule has 0 aliphatic rings. The zero-order valence-electron chi connectivity index (χ0n) is 10.6. The van der Waals surface area contributed by atoms with Gasteiger partial charge in [-0.1, -0.05) is 6.92 Å². The molecule has 1 amide bonds. The quantitative estimate of drug-likeness (QED) is 0.837. The molecule has 0 bridgehead atoms. The molecule has 1 atom stereocenters. The molecule has 6 heteroatoms. The van der Waals surface area contributed by atoms with Crippen molar-refractivity contribution in [3.8, 4) is 0 Å². The minimum absolute atomic E-state index is 0.0178. The van der Waals surface area contributed by atoms with Crippen LogP contribution >= 0.6 is 0 Å². The van der Waals surface area contributed by atoms with Crippen molar-refractivity contribution in [3.05, 3.63) is 29.8 Å². The molecule has 0 heterocycles. The molecule has 1 aromatic rings. The molecule has 19 heavy (non-hydrogen) atoms. The average Bonchev–Trinajstić information content (AvgIpc) is 2.33. The van der Waals surface area contributed by atoms with Crippen LogP contribution in [0.2, 0.25) is 0 Å². The number of hydrogen-bond acceptors (Lipinski definition) is 2. The summed E-state index contributed by atoms with van der Waals surface area (Å²) >= 11 is 0. The number of nitrogens with two attached hydrogens (primary N) is 1. The minimum Gasteiger partial charge on any atom is -0.382 e. The van der Waals surface area contributed by atoms with Gasteiger partial charge in [-0.3, -0.25) is 4.79 Å². The molecule has 0 aliphatic carbocycles. The van der Waals surface area contributed by atoms with Crippen LogP contribution in [0.4, 0.5) is 18.9 Å². The first-order chi connectivity index (χ1) is 8.82. The molecule has 0 aliphatic heterocycles. The number of primary amides is 1. The Morgan fingerprint density at radius 3 is 2.32 bits per heavy atom. The lowest BCUT2D eigenvalue weighted by Gasteiger charge is -2.18. The van der Waals surface area contributed by atoms with Crippen LogP contribution in [-0.2, 0) is 11.0 Å². The fourth-order valence-corrected chi connectivity index (χ4v) is 1.69. The monoisotopic (exact) mass is 274 g/mol. The van der Waals surface area contributed by atoms with Gasteiger partial charge in [-0.25, -0.2) is 0 Å². The van der Waals surface area contributed by atoms with Crippen molar-refractivity contribution in [1.82, 2.24) is 0 Å². The van der Waals surface area contributed by atoms with Crippen molar-refractivity contribution in [2.24, 2.45) is 5.73 Å². The highest BCUT2D eigenvalue weighted by molar-refractivity contribution is 5.73. The van der Waals surface area contributed by atoms with Crippen LogP contribution < -0.4 is 11.1 Å². The van der Waals surface area contributed by atoms with Crippen molar-refractivity contribution in [3.63, 3.8) is 0 Å². The van der Waals surface area contributed by atoms with E-state index in [0.717, 1.165) is 18.6 Å². The third kappa shape index (κ3) is 5.19. The van der Waals surface area contributed by atoms with Crippen LogP contribution in [0.3, 0.4) is 0 Å². The molecule has 0 saturated carbocycles. The number of carbonyl (C=O) groups excluding carboxylic acids is 1. The molecule has 1 rings (SSSR count). The van der Waals surface area contributed by atoms with Crippen LogP contribution in [0.5, 0.6) is 0 Å². The van der Waals surface area contributed by atoms with Gasteiger partial charge in [0.2, 0.25) is 5.91 Å². The summed E-state index contributed by atoms with van der Waals surface area (Å²) in [6.45, 7) is 1.93. The van der Waals surface area contributed by atoms with Crippen LogP contribution in [0.25, 0.3) is 0 Å². The van der Waals surface area contributed by atoms with E-state index in [4.69, 9.17) is 5.73 Å². The summed E-state index contributed by atoms with van der Waals surface area (Å²) in [6.07, 6.45) is -2.75. The molecule has 0 spiro atoms. The molecule has 0 radical (unpaired) electrons. The van der Waals surface area contributed by atoms with Gasteiger partial charge in [-0.05, 0) is 37.1 Å². The van der Waals surface area contributed by atoms with Crippen LogP contribution in [0, 0.1) is 0 Å². The first kappa shape index (κ1) is 15.3. The maximum Gasteiger partial charge on any atom is 0.416 e. The number of carbonyl (C=O) groups is 1. The number of amides is 1. The van der Waals surface area contributed by atoms with Gasteiger partial charge in [0.15, 0.2) is 0 Å². The zero-order chi connectivity index (χ0) is 14.5. The van der Waals surface area contributed by atoms with E-state index in [9.17, 15) is 18.0 Å². The van der Waals surface area contributed by atoms with Crippen molar-refractivity contribution < 1.29 is 18.0 Å². The molecule has 106 valence electrons. The third-order valence-electron chi connectivity index (χ3n) is 2.82. The highest BCUT2D eigenvalue weighted by Gasteiger charge is 2.29. The lowest BCUT2D eigenvalue weighted by atomic mass is 10.1. The Kier molecular flexibility index (Phi) is 5.20. The van der Waals surface area contributed by atoms with E-state index in [0.29, 0.717) is 12.1 Å². The second-order valence-corrected chi connectivity index (χ2v) is 4.33. The van der Waals surface area contributed by atoms with Crippen molar-refractivity contribution in [1.29, 1.82) is 0 Å². The number of alkyl halides is 3. The smallest absolute Gasteiger partial charge is 0.382 e. The van der Waals surface area contributed by atoms with Crippen molar-refractivity contribution in [2.45, 2.75) is 38.4 Å². The Morgan fingerprint density at radius 1 is 1.32 bits per heavy atom. The van der Waals surface area contributed by atoms with E-state index >= 15 is 0 Å². The lowest BCUT2D eigenvalue weighted by Crippen LogP contribution is -2.22. The van der Waals surface area contributed by atoms with E-state index in [1.165, 1.54) is 12.1 Å². The van der Waals surface area contributed by atoms with Gasteiger partial charge in [-0.15, -0.1) is 0 Å². The highest BCUT2D eigenvalue weighted by Crippen LogP contribution is 2.30. The van der Waals surface area contributed by atoms with E-state index in [-0.39, 0.29) is 18.4 Å². The van der Waals surface area contributed by atoms with Gasteiger partial charge in [0.1, 0.15) is 0 Å². The summed E-state index contributed by atoms with van der Waals surface area (Å²) < 4.78 is 37.2. The van der Waals surface area contributed by atoms with Gasteiger partial charge < -0.3 is 11.1 Å². The summed E-state index contributed by atoms with van der Waals surface area (Å²) in [5.41, 5.74) is 4.99. The second-order valence-electron chi connectivity index (χ2n) is 4.33. The molecule has 0 aromatic heterocycles. The number of benzene rings is 1. The fraction of sp³-hybridized carbons (Fsp3) is 0.462. The second kappa shape index (κ2) is 6.45. The normalized spacial score (nSPS) is 13.1. The molecular formula is C13H17F3N2O. The largest absolute Gasteiger partial charge is 0.416 e. The van der Waals surface area contributed by atoms with Crippen molar-refractivity contribution >= 4 is 11.6 Å². The van der Waals surface area contributed by atoms with Gasteiger partial charge in [-0.2, -0.15) is 13.2 Å². The van der Waals surface area contributed by atoms with E-state index in [2.05, 4.69) is 5.32 Å². The van der Waals surface area contributed by atoms with Gasteiger partial charge >= 0.3 is 6.18 Å². The molecule has 1 aromatic carbocycles. The van der Waals surface area contributed by atoms with E-state index in [1.807, 2.05) is 6.92 Å². The summed E-state index contributed by atoms with van der Waals surface area (Å²) in [4.78, 5) is 10.7. The average molecular weight is 274 g/mol. The summed E-state index contributed by atoms with van der Waals surface area (Å²) in [7, 11) is 0. The SMILES string of the molecule is CC[C@H](CCC(N)=O)Nc1ccc(C(F)(F)F)cc1. The Morgan fingerprint density at radius 2 is 1.89 bits per heavy atom. The predicted octanol–water partition coefficient (Wildman–Crippen LogP) is 3.16. The zero-order valence-corrected chi connectivity index (χ0v) is 10.6. The number of hydrogen-bond donors (Lipinski definition) is 2. The Bertz CT molecular complexity index is 415. The Hall–Kier alpha value is -1.72. The Balaban J connectivity index is 2.63. The number of rotatable bonds is 6. The number of halogens is 3. The minimum atomic E-state index is -4.32. The van der Waals surface area contributed by atoms with Gasteiger partial charge in [0, 0.05) is 18.2 Å². The molecular weight excluding hydrogens is 257 g/mol. The highest BCUT2D eigenvalue weighted by atomic mass is 19.4. The topological polar surface area (TPSA) is 55.1 Å². The molecule has 3 N–H and O–H groups in total. The standard InChI is InChI=1S/C13H17F3N2O/c1-2-10(7-8-12(17)19)18-11-5-3-9(4-6-11)13(14,15)16/h3-6,10,18H,2,7-8H2,1H3,(H2,17,19)/t10-/m1/s1. The molecule has 0 fully saturated rings. The van der Waals surface area contributed by atoms with Gasteiger partial charge in [0.05, 0.1) is 5.56 Å². The summed E-state index contributed by atoms with van der Waals surface area (Å²) in [5, 5.41) is 3.09. The van der Waals surface area contributed by atoms with Crippen molar-refractivity contribution in [2.75, 3.05) is 5.32 Å².